The molecule has 33 heavy (non-hydrogen) atoms. The summed E-state index contributed by atoms with van der Waals surface area (Å²) in [5, 5.41) is 12.2. The molecule has 0 saturated carbocycles. The Morgan fingerprint density at radius 3 is 2.36 bits per heavy atom. The summed E-state index contributed by atoms with van der Waals surface area (Å²) >= 11 is 6.14. The second-order valence-corrected chi connectivity index (χ2v) is 8.50. The van der Waals surface area contributed by atoms with Crippen molar-refractivity contribution in [3.63, 3.8) is 0 Å². The highest BCUT2D eigenvalue weighted by molar-refractivity contribution is 6.31. The third-order valence-electron chi connectivity index (χ3n) is 5.33. The molecule has 2 amide bonds. The number of benzene rings is 3. The molecule has 1 heterocycles. The number of amides is 2. The van der Waals surface area contributed by atoms with E-state index in [4.69, 9.17) is 16.6 Å². The van der Waals surface area contributed by atoms with Crippen molar-refractivity contribution in [2.24, 2.45) is 4.99 Å². The predicted molar refractivity (Wildman–Crippen MR) is 134 cm³/mol. The highest BCUT2D eigenvalue weighted by Crippen LogP contribution is 2.32. The van der Waals surface area contributed by atoms with Crippen molar-refractivity contribution in [2.75, 3.05) is 21.1 Å². The Balaban J connectivity index is 1.74. The number of H-pyrrole nitrogens is 1. The van der Waals surface area contributed by atoms with Gasteiger partial charge in [0.1, 0.15) is 0 Å². The van der Waals surface area contributed by atoms with E-state index in [-0.39, 0.29) is 11.9 Å². The van der Waals surface area contributed by atoms with E-state index >= 15 is 0 Å². The van der Waals surface area contributed by atoms with E-state index in [1.165, 1.54) is 0 Å². The molecule has 0 aliphatic carbocycles. The molecule has 0 aliphatic heterocycles. The average Bonchev–Trinajstić information content (AvgIpc) is 3.13. The zero-order valence-corrected chi connectivity index (χ0v) is 19.5. The summed E-state index contributed by atoms with van der Waals surface area (Å²) in [7, 11) is 5.24. The molecular formula is C26H25ClN4O2. The molecule has 0 spiro atoms. The van der Waals surface area contributed by atoms with Gasteiger partial charge in [0, 0.05) is 43.7 Å². The monoisotopic (exact) mass is 460 g/mol. The quantitative estimate of drug-likeness (QED) is 0.369. The predicted octanol–water partition coefficient (Wildman–Crippen LogP) is 5.81. The molecule has 0 atom stereocenters. The number of aromatic amines is 1. The van der Waals surface area contributed by atoms with Crippen LogP contribution in [0.1, 0.15) is 16.7 Å². The highest BCUT2D eigenvalue weighted by Gasteiger charge is 2.19. The van der Waals surface area contributed by atoms with E-state index in [1.807, 2.05) is 60.7 Å². The van der Waals surface area contributed by atoms with Gasteiger partial charge in [-0.1, -0.05) is 60.1 Å². The molecule has 0 radical (unpaired) electrons. The summed E-state index contributed by atoms with van der Waals surface area (Å²) in [4.78, 5) is 23.2. The Hall–Kier alpha value is -3.77. The van der Waals surface area contributed by atoms with Crippen molar-refractivity contribution in [1.29, 1.82) is 0 Å². The molecule has 2 N–H and O–H groups in total. The minimum atomic E-state index is -0.0571. The number of nitrogens with one attached hydrogen (secondary N) is 1. The van der Waals surface area contributed by atoms with Crippen molar-refractivity contribution in [2.45, 2.75) is 6.54 Å². The van der Waals surface area contributed by atoms with Gasteiger partial charge in [-0.05, 0) is 29.8 Å². The second kappa shape index (κ2) is 9.38. The van der Waals surface area contributed by atoms with E-state index in [0.717, 1.165) is 27.7 Å². The van der Waals surface area contributed by atoms with Gasteiger partial charge in [-0.2, -0.15) is 0 Å². The summed E-state index contributed by atoms with van der Waals surface area (Å²) in [6.07, 6.45) is 0. The van der Waals surface area contributed by atoms with E-state index in [1.54, 1.807) is 43.1 Å². The molecule has 6 nitrogen and oxygen atoms in total. The van der Waals surface area contributed by atoms with Crippen LogP contribution in [-0.4, -0.2) is 52.8 Å². The van der Waals surface area contributed by atoms with Crippen LogP contribution in [0.5, 0.6) is 5.88 Å². The van der Waals surface area contributed by atoms with E-state index < -0.39 is 0 Å². The lowest BCUT2D eigenvalue weighted by Gasteiger charge is -2.21. The van der Waals surface area contributed by atoms with Crippen LogP contribution < -0.4 is 0 Å². The van der Waals surface area contributed by atoms with E-state index in [2.05, 4.69) is 4.98 Å². The number of nitrogens with zero attached hydrogens (tertiary/aromatic N) is 3. The molecule has 1 aromatic heterocycles. The number of carbonyl (C=O) groups excluding carboxylic acids is 1. The fraction of sp³-hybridized carbons (Fsp3) is 0.154. The molecule has 0 bridgehead atoms. The van der Waals surface area contributed by atoms with E-state index in [0.29, 0.717) is 22.8 Å². The van der Waals surface area contributed by atoms with Crippen molar-refractivity contribution < 1.29 is 9.90 Å². The number of carbonyl (C=O) groups is 1. The Kier molecular flexibility index (Phi) is 6.38. The van der Waals surface area contributed by atoms with Gasteiger partial charge in [0.15, 0.2) is 5.88 Å². The number of halogens is 1. The van der Waals surface area contributed by atoms with Crippen LogP contribution in [0.4, 0.5) is 10.5 Å². The number of aromatic nitrogens is 1. The van der Waals surface area contributed by atoms with Crippen molar-refractivity contribution >= 4 is 39.9 Å². The van der Waals surface area contributed by atoms with Crippen molar-refractivity contribution in [3.05, 3.63) is 94.5 Å². The minimum absolute atomic E-state index is 0.0373. The van der Waals surface area contributed by atoms with Crippen molar-refractivity contribution in [3.8, 4) is 5.88 Å². The molecule has 7 heteroatoms. The lowest BCUT2D eigenvalue weighted by Crippen LogP contribution is -2.35. The molecule has 4 rings (SSSR count). The van der Waals surface area contributed by atoms with Crippen LogP contribution in [0.2, 0.25) is 5.02 Å². The van der Waals surface area contributed by atoms with Crippen LogP contribution >= 0.6 is 11.6 Å². The first-order valence-electron chi connectivity index (χ1n) is 10.5. The van der Waals surface area contributed by atoms with Crippen LogP contribution in [0.25, 0.3) is 10.9 Å². The first-order valence-corrected chi connectivity index (χ1v) is 10.9. The number of hydrogen-bond acceptors (Lipinski definition) is 3. The standard InChI is InChI=1S/C26H25ClN4O2/c1-30(2)26(33)31(3)16-17-9-12-20(13-10-17)28-24(18-7-5-4-6-8-18)23-21-14-11-19(27)15-22(21)29-25(23)32/h4-15,29,32H,16H2,1-3H3. The first kappa shape index (κ1) is 22.4. The highest BCUT2D eigenvalue weighted by atomic mass is 35.5. The molecule has 0 aliphatic rings. The second-order valence-electron chi connectivity index (χ2n) is 8.06. The summed E-state index contributed by atoms with van der Waals surface area (Å²) in [5.41, 5.74) is 4.62. The summed E-state index contributed by atoms with van der Waals surface area (Å²) in [6.45, 7) is 0.497. The molecule has 0 saturated heterocycles. The SMILES string of the molecule is CN(C)C(=O)N(C)Cc1ccc(N=C(c2ccccc2)c2c(O)[nH]c3cc(Cl)ccc23)cc1. The van der Waals surface area contributed by atoms with E-state index in [9.17, 15) is 9.90 Å². The first-order chi connectivity index (χ1) is 15.8. The number of urea groups is 1. The zero-order valence-electron chi connectivity index (χ0n) is 18.7. The lowest BCUT2D eigenvalue weighted by atomic mass is 10.0. The summed E-state index contributed by atoms with van der Waals surface area (Å²) < 4.78 is 0. The third-order valence-corrected chi connectivity index (χ3v) is 5.57. The van der Waals surface area contributed by atoms with Crippen LogP contribution in [-0.2, 0) is 6.54 Å². The Morgan fingerprint density at radius 2 is 1.70 bits per heavy atom. The van der Waals surface area contributed by atoms with Crippen LogP contribution in [0.3, 0.4) is 0 Å². The maximum Gasteiger partial charge on any atom is 0.319 e. The number of rotatable bonds is 5. The van der Waals surface area contributed by atoms with Gasteiger partial charge >= 0.3 is 6.03 Å². The average molecular weight is 461 g/mol. The van der Waals surface area contributed by atoms with Gasteiger partial charge < -0.3 is 19.9 Å². The molecule has 0 unspecified atom stereocenters. The molecular weight excluding hydrogens is 436 g/mol. The summed E-state index contributed by atoms with van der Waals surface area (Å²) in [5.74, 6) is 0.0373. The maximum atomic E-state index is 12.1. The smallest absolute Gasteiger partial charge is 0.319 e. The van der Waals surface area contributed by atoms with Crippen LogP contribution in [0.15, 0.2) is 77.8 Å². The largest absolute Gasteiger partial charge is 0.494 e. The summed E-state index contributed by atoms with van der Waals surface area (Å²) in [6, 6.07) is 22.9. The third kappa shape index (κ3) is 4.86. The van der Waals surface area contributed by atoms with Gasteiger partial charge in [-0.15, -0.1) is 0 Å². The molecule has 168 valence electrons. The molecule has 3 aromatic carbocycles. The fourth-order valence-electron chi connectivity index (χ4n) is 3.74. The number of aromatic hydroxyl groups is 1. The van der Waals surface area contributed by atoms with Gasteiger partial charge in [0.2, 0.25) is 0 Å². The van der Waals surface area contributed by atoms with Gasteiger partial charge in [-0.3, -0.25) is 0 Å². The number of aliphatic imine (C=N–C) groups is 1. The van der Waals surface area contributed by atoms with Gasteiger partial charge in [0.25, 0.3) is 0 Å². The number of hydrogen-bond donors (Lipinski definition) is 2. The van der Waals surface area contributed by atoms with Crippen molar-refractivity contribution in [1.82, 2.24) is 14.8 Å². The lowest BCUT2D eigenvalue weighted by molar-refractivity contribution is 0.180. The normalized spacial score (nSPS) is 11.6. The minimum Gasteiger partial charge on any atom is -0.494 e. The van der Waals surface area contributed by atoms with Gasteiger partial charge in [-0.25, -0.2) is 9.79 Å². The van der Waals surface area contributed by atoms with Crippen LogP contribution in [0, 0.1) is 0 Å². The number of fused-ring (bicyclic) bond motifs is 1. The van der Waals surface area contributed by atoms with Gasteiger partial charge in [0.05, 0.1) is 22.5 Å². The fourth-order valence-corrected chi connectivity index (χ4v) is 3.92. The topological polar surface area (TPSA) is 71.9 Å². The maximum absolute atomic E-state index is 12.1. The Labute approximate surface area is 197 Å². The molecule has 0 fully saturated rings. The zero-order chi connectivity index (χ0) is 23.5. The Bertz CT molecular complexity index is 1310. The molecule has 4 aromatic rings. The Morgan fingerprint density at radius 1 is 1.00 bits per heavy atom.